The summed E-state index contributed by atoms with van der Waals surface area (Å²) in [5.74, 6) is 2.23. The maximum absolute atomic E-state index is 5.12. The van der Waals surface area contributed by atoms with Crippen LogP contribution in [0.2, 0.25) is 0 Å². The van der Waals surface area contributed by atoms with E-state index in [0.717, 1.165) is 18.9 Å². The van der Waals surface area contributed by atoms with E-state index in [1.165, 1.54) is 12.8 Å². The van der Waals surface area contributed by atoms with Gasteiger partial charge in [-0.2, -0.15) is 4.98 Å². The summed E-state index contributed by atoms with van der Waals surface area (Å²) < 4.78 is 5.12. The minimum atomic E-state index is 0.433. The molecule has 1 aliphatic heterocycles. The fourth-order valence-electron chi connectivity index (χ4n) is 2.27. The smallest absolute Gasteiger partial charge is 0.214 e. The van der Waals surface area contributed by atoms with Crippen molar-refractivity contribution in [1.82, 2.24) is 10.3 Å². The van der Waals surface area contributed by atoms with E-state index in [9.17, 15) is 0 Å². The van der Waals surface area contributed by atoms with Crippen LogP contribution in [-0.4, -0.2) is 31.2 Å². The fourth-order valence-corrected chi connectivity index (χ4v) is 2.27. The summed E-state index contributed by atoms with van der Waals surface area (Å²) in [5.41, 5.74) is 0. The summed E-state index contributed by atoms with van der Waals surface area (Å²) in [6.45, 7) is 4.47. The molecule has 2 heterocycles. The summed E-state index contributed by atoms with van der Waals surface area (Å²) in [7, 11) is 1.64. The van der Waals surface area contributed by atoms with E-state index in [1.54, 1.807) is 7.11 Å². The maximum Gasteiger partial charge on any atom is 0.214 e. The van der Waals surface area contributed by atoms with E-state index in [2.05, 4.69) is 22.5 Å². The summed E-state index contributed by atoms with van der Waals surface area (Å²) in [6.07, 6.45) is 2.55. The highest BCUT2D eigenvalue weighted by atomic mass is 16.5. The Labute approximate surface area is 103 Å². The summed E-state index contributed by atoms with van der Waals surface area (Å²) in [6, 6.07) is 6.23. The van der Waals surface area contributed by atoms with Crippen LogP contribution in [0.15, 0.2) is 18.2 Å². The number of hydrogen-bond donors (Lipinski definition) is 2. The molecule has 17 heavy (non-hydrogen) atoms. The molecule has 2 atom stereocenters. The molecule has 0 spiro atoms. The van der Waals surface area contributed by atoms with Crippen molar-refractivity contribution >= 4 is 5.82 Å². The highest BCUT2D eigenvalue weighted by Gasteiger charge is 2.19. The van der Waals surface area contributed by atoms with Crippen LogP contribution in [0.4, 0.5) is 5.82 Å². The summed E-state index contributed by atoms with van der Waals surface area (Å²) in [5, 5.41) is 6.89. The van der Waals surface area contributed by atoms with E-state index < -0.39 is 0 Å². The van der Waals surface area contributed by atoms with Gasteiger partial charge in [0.2, 0.25) is 5.88 Å². The Hall–Kier alpha value is -1.29. The lowest BCUT2D eigenvalue weighted by molar-refractivity contribution is 0.346. The van der Waals surface area contributed by atoms with E-state index in [4.69, 9.17) is 4.74 Å². The first-order valence-electron chi connectivity index (χ1n) is 6.28. The predicted octanol–water partition coefficient (Wildman–Crippen LogP) is 1.89. The average Bonchev–Trinajstić information content (AvgIpc) is 2.40. The second-order valence-corrected chi connectivity index (χ2v) is 4.60. The number of rotatable bonds is 4. The molecule has 94 valence electrons. The van der Waals surface area contributed by atoms with Gasteiger partial charge in [-0.1, -0.05) is 6.07 Å². The third kappa shape index (κ3) is 3.33. The number of ether oxygens (including phenoxy) is 1. The van der Waals surface area contributed by atoms with Gasteiger partial charge in [0, 0.05) is 12.1 Å². The van der Waals surface area contributed by atoms with Crippen molar-refractivity contribution in [3.8, 4) is 5.88 Å². The Balaban J connectivity index is 1.94. The van der Waals surface area contributed by atoms with Gasteiger partial charge in [-0.3, -0.25) is 0 Å². The monoisotopic (exact) mass is 235 g/mol. The van der Waals surface area contributed by atoms with Crippen molar-refractivity contribution in [2.24, 2.45) is 5.92 Å². The number of piperidine rings is 1. The van der Waals surface area contributed by atoms with Crippen molar-refractivity contribution < 1.29 is 4.74 Å². The molecule has 2 N–H and O–H groups in total. The number of methoxy groups -OCH3 is 1. The molecule has 4 nitrogen and oxygen atoms in total. The minimum absolute atomic E-state index is 0.433. The van der Waals surface area contributed by atoms with Gasteiger partial charge in [-0.25, -0.2) is 0 Å². The number of pyridine rings is 1. The van der Waals surface area contributed by atoms with E-state index in [-0.39, 0.29) is 0 Å². The Morgan fingerprint density at radius 2 is 2.41 bits per heavy atom. The molecule has 1 aromatic heterocycles. The van der Waals surface area contributed by atoms with Gasteiger partial charge in [0.1, 0.15) is 5.82 Å². The SMILES string of the molecule is COc1cccc(NC(C)C2CCCNC2)n1. The summed E-state index contributed by atoms with van der Waals surface area (Å²) >= 11 is 0. The van der Waals surface area contributed by atoms with Gasteiger partial charge in [-0.15, -0.1) is 0 Å². The number of aromatic nitrogens is 1. The molecule has 2 unspecified atom stereocenters. The second-order valence-electron chi connectivity index (χ2n) is 4.60. The molecular weight excluding hydrogens is 214 g/mol. The van der Waals surface area contributed by atoms with Crippen LogP contribution in [0.5, 0.6) is 5.88 Å². The fraction of sp³-hybridized carbons (Fsp3) is 0.615. The van der Waals surface area contributed by atoms with E-state index in [0.29, 0.717) is 17.8 Å². The average molecular weight is 235 g/mol. The van der Waals surface area contributed by atoms with Crippen molar-refractivity contribution in [3.63, 3.8) is 0 Å². The third-order valence-electron chi connectivity index (χ3n) is 3.35. The van der Waals surface area contributed by atoms with E-state index in [1.807, 2.05) is 18.2 Å². The normalized spacial score (nSPS) is 21.9. The van der Waals surface area contributed by atoms with Gasteiger partial charge in [0.25, 0.3) is 0 Å². The lowest BCUT2D eigenvalue weighted by atomic mass is 9.93. The summed E-state index contributed by atoms with van der Waals surface area (Å²) in [4.78, 5) is 4.37. The number of nitrogens with one attached hydrogen (secondary N) is 2. The largest absolute Gasteiger partial charge is 0.481 e. The molecule has 0 bridgehead atoms. The molecule has 0 radical (unpaired) electrons. The highest BCUT2D eigenvalue weighted by molar-refractivity contribution is 5.38. The first-order chi connectivity index (χ1) is 8.29. The predicted molar refractivity (Wildman–Crippen MR) is 69.5 cm³/mol. The van der Waals surface area contributed by atoms with Crippen molar-refractivity contribution in [2.45, 2.75) is 25.8 Å². The Morgan fingerprint density at radius 1 is 1.53 bits per heavy atom. The van der Waals surface area contributed by atoms with Crippen LogP contribution in [-0.2, 0) is 0 Å². The van der Waals surface area contributed by atoms with Crippen molar-refractivity contribution in [1.29, 1.82) is 0 Å². The Kier molecular flexibility index (Phi) is 4.20. The quantitative estimate of drug-likeness (QED) is 0.836. The topological polar surface area (TPSA) is 46.2 Å². The first kappa shape index (κ1) is 12.2. The maximum atomic E-state index is 5.12. The Morgan fingerprint density at radius 3 is 3.12 bits per heavy atom. The first-order valence-corrected chi connectivity index (χ1v) is 6.28. The lowest BCUT2D eigenvalue weighted by Crippen LogP contribution is -2.38. The number of nitrogens with zero attached hydrogens (tertiary/aromatic N) is 1. The van der Waals surface area contributed by atoms with Gasteiger partial charge >= 0.3 is 0 Å². The van der Waals surface area contributed by atoms with Gasteiger partial charge in [0.15, 0.2) is 0 Å². The molecule has 2 rings (SSSR count). The van der Waals surface area contributed by atoms with Crippen LogP contribution < -0.4 is 15.4 Å². The highest BCUT2D eigenvalue weighted by Crippen LogP contribution is 2.18. The molecule has 4 heteroatoms. The van der Waals surface area contributed by atoms with Crippen LogP contribution in [0, 0.1) is 5.92 Å². The van der Waals surface area contributed by atoms with Crippen LogP contribution >= 0.6 is 0 Å². The minimum Gasteiger partial charge on any atom is -0.481 e. The zero-order chi connectivity index (χ0) is 12.1. The number of anilines is 1. The van der Waals surface area contributed by atoms with Crippen molar-refractivity contribution in [2.75, 3.05) is 25.5 Å². The van der Waals surface area contributed by atoms with Crippen LogP contribution in [0.25, 0.3) is 0 Å². The molecule has 0 aromatic carbocycles. The number of hydrogen-bond acceptors (Lipinski definition) is 4. The molecule has 0 aliphatic carbocycles. The van der Waals surface area contributed by atoms with E-state index >= 15 is 0 Å². The second kappa shape index (κ2) is 5.87. The van der Waals surface area contributed by atoms with Crippen LogP contribution in [0.1, 0.15) is 19.8 Å². The van der Waals surface area contributed by atoms with Gasteiger partial charge in [-0.05, 0) is 44.8 Å². The lowest BCUT2D eigenvalue weighted by Gasteiger charge is -2.29. The van der Waals surface area contributed by atoms with Crippen LogP contribution in [0.3, 0.4) is 0 Å². The molecule has 1 aliphatic rings. The van der Waals surface area contributed by atoms with Crippen molar-refractivity contribution in [3.05, 3.63) is 18.2 Å². The molecule has 1 fully saturated rings. The zero-order valence-corrected chi connectivity index (χ0v) is 10.6. The third-order valence-corrected chi connectivity index (χ3v) is 3.35. The van der Waals surface area contributed by atoms with Gasteiger partial charge in [0.05, 0.1) is 7.11 Å². The Bertz CT molecular complexity index is 350. The standard InChI is InChI=1S/C13H21N3O/c1-10(11-5-4-8-14-9-11)15-12-6-3-7-13(16-12)17-2/h3,6-7,10-11,14H,4-5,8-9H2,1-2H3,(H,15,16). The molecule has 1 aromatic rings. The molecule has 0 amide bonds. The molecule has 1 saturated heterocycles. The molecular formula is C13H21N3O. The zero-order valence-electron chi connectivity index (χ0n) is 10.6. The van der Waals surface area contributed by atoms with Gasteiger partial charge < -0.3 is 15.4 Å². The molecule has 0 saturated carbocycles.